The predicted octanol–water partition coefficient (Wildman–Crippen LogP) is 8.73. The number of furan rings is 1. The van der Waals surface area contributed by atoms with E-state index in [4.69, 9.17) is 18.6 Å². The molecule has 30 nitrogen and oxygen atoms in total. The Kier molecular flexibility index (Phi) is 54.3. The molecule has 3 aliphatic carbocycles. The minimum absolute atomic E-state index is 0.000602. The molecule has 3 aliphatic rings. The summed E-state index contributed by atoms with van der Waals surface area (Å²) < 4.78 is 56.1. The second kappa shape index (κ2) is 58.4. The highest BCUT2D eigenvalue weighted by Gasteiger charge is 2.34. The number of rotatable bonds is 36. The number of ketones is 8. The van der Waals surface area contributed by atoms with Crippen LogP contribution in [0.25, 0.3) is 0 Å². The van der Waals surface area contributed by atoms with Gasteiger partial charge in [-0.3, -0.25) is 43.2 Å². The molecule has 0 spiro atoms. The highest BCUT2D eigenvalue weighted by molar-refractivity contribution is 6.20. The quantitative estimate of drug-likeness (QED) is 0.0153. The first-order chi connectivity index (χ1) is 51.2. The number of ether oxygens (including phenoxy) is 11. The van der Waals surface area contributed by atoms with Crippen molar-refractivity contribution in [2.24, 2.45) is 17.8 Å². The summed E-state index contributed by atoms with van der Waals surface area (Å²) in [5, 5.41) is 0. The molecule has 3 saturated carbocycles. The first-order valence-corrected chi connectivity index (χ1v) is 33.8. The van der Waals surface area contributed by atoms with Gasteiger partial charge in [-0.05, 0) is 112 Å². The third-order valence-corrected chi connectivity index (χ3v) is 14.0. The van der Waals surface area contributed by atoms with Gasteiger partial charge >= 0.3 is 59.7 Å². The topological polar surface area (TPSA) is 422 Å². The summed E-state index contributed by atoms with van der Waals surface area (Å²) in [4.78, 5) is 197. The zero-order chi connectivity index (χ0) is 83.9. The molecular weight excluding hydrogens is 1430 g/mol. The Morgan fingerprint density at radius 1 is 0.358 bits per heavy atom. The maximum atomic E-state index is 11.7. The summed E-state index contributed by atoms with van der Waals surface area (Å²) in [5.74, 6) is -8.26. The van der Waals surface area contributed by atoms with Gasteiger partial charge in [0, 0.05) is 37.9 Å². The number of benzene rings is 1. The van der Waals surface area contributed by atoms with E-state index >= 15 is 0 Å². The maximum absolute atomic E-state index is 11.7. The number of Topliss-reactive ketones (excluding diaryl/α,β-unsaturated/α-hetero) is 8. The van der Waals surface area contributed by atoms with Crippen molar-refractivity contribution in [3.63, 3.8) is 0 Å². The van der Waals surface area contributed by atoms with E-state index in [0.717, 1.165) is 69.4 Å². The number of esters is 10. The fourth-order valence-electron chi connectivity index (χ4n) is 7.18. The van der Waals surface area contributed by atoms with Crippen molar-refractivity contribution in [1.29, 1.82) is 0 Å². The fraction of sp³-hybridized carbons (Fsp3) is 0.418. The van der Waals surface area contributed by atoms with Crippen LogP contribution in [0.1, 0.15) is 131 Å². The van der Waals surface area contributed by atoms with Crippen LogP contribution in [-0.4, -0.2) is 173 Å². The highest BCUT2D eigenvalue weighted by Crippen LogP contribution is 2.32. The molecule has 0 saturated heterocycles. The van der Waals surface area contributed by atoms with Gasteiger partial charge in [-0.25, -0.2) is 43.2 Å². The average Bonchev–Trinajstić information content (AvgIpc) is 1.84. The van der Waals surface area contributed by atoms with E-state index in [1.165, 1.54) is 54.9 Å². The Hall–Kier alpha value is -11.8. The number of carbonyl (C=O) groups excluding carboxylic acids is 18. The molecule has 0 aliphatic heterocycles. The van der Waals surface area contributed by atoms with Crippen LogP contribution in [0.15, 0.2) is 163 Å². The first-order valence-electron chi connectivity index (χ1n) is 33.8. The fourth-order valence-corrected chi connectivity index (χ4v) is 7.18. The molecular formula is C79H100O30. The van der Waals surface area contributed by atoms with E-state index < -0.39 is 77.0 Å². The van der Waals surface area contributed by atoms with Crippen LogP contribution in [0.3, 0.4) is 0 Å². The van der Waals surface area contributed by atoms with E-state index in [1.54, 1.807) is 32.9 Å². The van der Waals surface area contributed by atoms with Crippen molar-refractivity contribution in [2.45, 2.75) is 133 Å². The Balaban J connectivity index is -0.00000118. The van der Waals surface area contributed by atoms with Gasteiger partial charge in [0.15, 0.2) is 46.3 Å². The number of carbonyl (C=O) groups is 18. The number of hydrogen-bond donors (Lipinski definition) is 0. The smallest absolute Gasteiger partial charge is 0.341 e. The number of methoxy groups -OCH3 is 1. The lowest BCUT2D eigenvalue weighted by Crippen LogP contribution is -2.27. The van der Waals surface area contributed by atoms with Crippen LogP contribution in [0.5, 0.6) is 0 Å². The maximum Gasteiger partial charge on any atom is 0.341 e. The van der Waals surface area contributed by atoms with Crippen LogP contribution in [0, 0.1) is 17.8 Å². The molecule has 596 valence electrons. The van der Waals surface area contributed by atoms with Crippen LogP contribution < -0.4 is 0 Å². The monoisotopic (exact) mass is 1530 g/mol. The molecule has 2 aromatic rings. The van der Waals surface area contributed by atoms with E-state index in [9.17, 15) is 86.3 Å². The van der Waals surface area contributed by atoms with Crippen molar-refractivity contribution in [3.8, 4) is 0 Å². The first kappa shape index (κ1) is 101. The second-order valence-electron chi connectivity index (χ2n) is 22.6. The molecule has 1 aromatic carbocycles. The second-order valence-corrected chi connectivity index (χ2v) is 22.6. The standard InChI is InChI=1S/C12H12O3.C11H16O3.C10H12O5.C10H10O4.C10H14O3.C9H12O5.C9H12O3.C8H12O4/c1-9(10(2)13)12(14)15-8-11-6-4-3-5-7-11;1-3-14-11(13)8(2)10(12)9-6-4-5-7-9;1-4-9(12)14-5-6-15-10(13)7(2)8(3)11;1-7(8(2)11)10(12)14-6-9-4-3-5-13-9;1-3-13-10(12)7(2)9(11)8-5-4-6-8;1-6(7(2)10)9(12)14-5-4-13-8(3)11;1-3-12-9(11)6(2)8(10)7-4-5-7;1-6(7(2)9)8(10)12-5-4-11-3/h3-7H,1,8H2,2H3;9H,2-7H2,1H3;4H,1-2,5-6H2,3H3;3-5H,1,6H2,2H3;8H,2-6H2,1H3;1,4-5H2,2-3H3;7H,2-5H2,1H3;1,4-5H2,2-3H3. The minimum atomic E-state index is -0.808. The minimum Gasteiger partial charge on any atom is -0.466 e. The van der Waals surface area contributed by atoms with Gasteiger partial charge in [0.1, 0.15) is 52.0 Å². The lowest BCUT2D eigenvalue weighted by molar-refractivity contribution is -0.149. The van der Waals surface area contributed by atoms with Gasteiger partial charge < -0.3 is 56.5 Å². The Bertz CT molecular complexity index is 3600. The third kappa shape index (κ3) is 46.7. The molecule has 0 amide bonds. The summed E-state index contributed by atoms with van der Waals surface area (Å²) in [5.41, 5.74) is 0.0401. The predicted molar refractivity (Wildman–Crippen MR) is 391 cm³/mol. The van der Waals surface area contributed by atoms with Crippen molar-refractivity contribution < 1.29 is 143 Å². The molecule has 3 fully saturated rings. The van der Waals surface area contributed by atoms with Crippen LogP contribution in [0.2, 0.25) is 0 Å². The van der Waals surface area contributed by atoms with E-state index in [0.29, 0.717) is 12.4 Å². The molecule has 0 bridgehead atoms. The summed E-state index contributed by atoms with van der Waals surface area (Å²) in [6, 6.07) is 12.6. The van der Waals surface area contributed by atoms with Crippen molar-refractivity contribution in [1.82, 2.24) is 0 Å². The summed E-state index contributed by atoms with van der Waals surface area (Å²) >= 11 is 0. The van der Waals surface area contributed by atoms with Gasteiger partial charge in [0.25, 0.3) is 0 Å². The molecule has 0 radical (unpaired) electrons. The molecule has 5 rings (SSSR count). The molecule has 0 atom stereocenters. The SMILES string of the molecule is C=C(C(=O)OCC)C(=O)C1CC1.C=C(C(=O)OCC)C(=O)C1CCC1.C=C(C(=O)OCC)C(=O)C1CCCC1.C=C(C(C)=O)C(=O)OCCOC.C=C(C(C)=O)C(=O)OCCOC(C)=O.C=C(C(C)=O)C(=O)OCc1ccccc1.C=C(C(C)=O)C(=O)OCc1ccco1.C=CC(=O)OCCOC(=O)C(=C)C(C)=O. The molecule has 0 N–H and O–H groups in total. The normalized spacial score (nSPS) is 11.7. The van der Waals surface area contributed by atoms with Crippen LogP contribution in [-0.2, 0) is 152 Å². The lowest BCUT2D eigenvalue weighted by atomic mass is 9.80. The highest BCUT2D eigenvalue weighted by atomic mass is 16.6. The van der Waals surface area contributed by atoms with E-state index in [2.05, 4.69) is 97.1 Å². The van der Waals surface area contributed by atoms with E-state index in [1.807, 2.05) is 30.3 Å². The summed E-state index contributed by atoms with van der Waals surface area (Å²) in [7, 11) is 1.49. The van der Waals surface area contributed by atoms with E-state index in [-0.39, 0.29) is 157 Å². The van der Waals surface area contributed by atoms with Crippen molar-refractivity contribution in [3.05, 3.63) is 170 Å². The van der Waals surface area contributed by atoms with Gasteiger partial charge in [-0.2, -0.15) is 0 Å². The van der Waals surface area contributed by atoms with Gasteiger partial charge in [-0.15, -0.1) is 0 Å². The van der Waals surface area contributed by atoms with Crippen LogP contribution in [0.4, 0.5) is 0 Å². The van der Waals surface area contributed by atoms with Crippen molar-refractivity contribution in [2.75, 3.05) is 66.6 Å². The van der Waals surface area contributed by atoms with Crippen molar-refractivity contribution >= 4 is 106 Å². The zero-order valence-electron chi connectivity index (χ0n) is 63.7. The largest absolute Gasteiger partial charge is 0.466 e. The van der Waals surface area contributed by atoms with Crippen LogP contribution >= 0.6 is 0 Å². The summed E-state index contributed by atoms with van der Waals surface area (Å²) in [6.07, 6.45) is 11.0. The third-order valence-electron chi connectivity index (χ3n) is 14.0. The number of hydrogen-bond acceptors (Lipinski definition) is 30. The Labute approximate surface area is 633 Å². The van der Waals surface area contributed by atoms with Gasteiger partial charge in [0.05, 0.1) is 77.3 Å². The molecule has 1 aromatic heterocycles. The van der Waals surface area contributed by atoms with Gasteiger partial charge in [-0.1, -0.05) is 109 Å². The van der Waals surface area contributed by atoms with Gasteiger partial charge in [0.2, 0.25) is 0 Å². The Morgan fingerprint density at radius 3 is 0.945 bits per heavy atom. The molecule has 0 unspecified atom stereocenters. The lowest BCUT2D eigenvalue weighted by Gasteiger charge is -2.23. The molecule has 30 heteroatoms. The zero-order valence-corrected chi connectivity index (χ0v) is 63.7. The molecule has 109 heavy (non-hydrogen) atoms. The Morgan fingerprint density at radius 2 is 0.661 bits per heavy atom. The average molecular weight is 1530 g/mol. The summed E-state index contributed by atoms with van der Waals surface area (Å²) in [6.45, 7) is 43.7. The molecule has 1 heterocycles.